The highest BCUT2D eigenvalue weighted by Gasteiger charge is 2.27. The number of thioether (sulfide) groups is 1. The first kappa shape index (κ1) is 14.2. The van der Waals surface area contributed by atoms with Gasteiger partial charge in [-0.05, 0) is 13.8 Å². The maximum absolute atomic E-state index is 11.5. The largest absolute Gasteiger partial charge is 0.465 e. The Balaban J connectivity index is 2.93. The van der Waals surface area contributed by atoms with Gasteiger partial charge in [0.05, 0.1) is 6.61 Å². The predicted molar refractivity (Wildman–Crippen MR) is 66.2 cm³/mol. The lowest BCUT2D eigenvalue weighted by Gasteiger charge is -2.11. The Morgan fingerprint density at radius 2 is 2.28 bits per heavy atom. The highest BCUT2D eigenvalue weighted by atomic mass is 32.2. The normalized spacial score (nSPS) is 11.9. The number of hydrogen-bond donors (Lipinski definition) is 2. The monoisotopic (exact) mass is 271 g/mol. The number of nitrogens with zero attached hydrogens (tertiary/aromatic N) is 1. The SMILES string of the molecule is CCOC(=O)C(Sc1nc(N)cc(=O)[nH]1)C(C)=O. The molecule has 1 rings (SSSR count). The van der Waals surface area contributed by atoms with Gasteiger partial charge in [-0.3, -0.25) is 14.4 Å². The summed E-state index contributed by atoms with van der Waals surface area (Å²) in [5.41, 5.74) is 4.95. The van der Waals surface area contributed by atoms with E-state index in [0.717, 1.165) is 17.8 Å². The van der Waals surface area contributed by atoms with Crippen molar-refractivity contribution in [3.63, 3.8) is 0 Å². The Morgan fingerprint density at radius 1 is 1.61 bits per heavy atom. The minimum Gasteiger partial charge on any atom is -0.465 e. The summed E-state index contributed by atoms with van der Waals surface area (Å²) in [7, 11) is 0. The average Bonchev–Trinajstić information content (AvgIpc) is 2.24. The minimum absolute atomic E-state index is 0.0208. The van der Waals surface area contributed by atoms with E-state index in [1.165, 1.54) is 6.92 Å². The lowest BCUT2D eigenvalue weighted by Crippen LogP contribution is -2.27. The fourth-order valence-corrected chi connectivity index (χ4v) is 2.01. The number of ketones is 1. The van der Waals surface area contributed by atoms with Gasteiger partial charge in [-0.2, -0.15) is 0 Å². The van der Waals surface area contributed by atoms with Crippen molar-refractivity contribution in [2.75, 3.05) is 12.3 Å². The van der Waals surface area contributed by atoms with E-state index < -0.39 is 16.8 Å². The summed E-state index contributed by atoms with van der Waals surface area (Å²) in [5, 5.41) is -0.955. The smallest absolute Gasteiger partial charge is 0.327 e. The number of ether oxygens (including phenoxy) is 1. The first-order valence-electron chi connectivity index (χ1n) is 5.14. The molecule has 0 saturated carbocycles. The van der Waals surface area contributed by atoms with Crippen molar-refractivity contribution in [2.24, 2.45) is 0 Å². The number of anilines is 1. The number of rotatable bonds is 5. The molecule has 1 atom stereocenters. The highest BCUT2D eigenvalue weighted by molar-refractivity contribution is 8.01. The third-order valence-corrected chi connectivity index (χ3v) is 3.02. The third-order valence-electron chi connectivity index (χ3n) is 1.84. The molecule has 0 aromatic carbocycles. The number of Topliss-reactive ketones (excluding diaryl/α,β-unsaturated/α-hetero) is 1. The fraction of sp³-hybridized carbons (Fsp3) is 0.400. The summed E-state index contributed by atoms with van der Waals surface area (Å²) < 4.78 is 4.77. The zero-order valence-corrected chi connectivity index (χ0v) is 10.7. The molecule has 3 N–H and O–H groups in total. The molecule has 0 radical (unpaired) electrons. The first-order chi connectivity index (χ1) is 8.43. The van der Waals surface area contributed by atoms with Crippen LogP contribution in [0.3, 0.4) is 0 Å². The van der Waals surface area contributed by atoms with Gasteiger partial charge in [0.2, 0.25) is 0 Å². The molecule has 8 heteroatoms. The predicted octanol–water partition coefficient (Wildman–Crippen LogP) is -0.0351. The van der Waals surface area contributed by atoms with Gasteiger partial charge in [-0.15, -0.1) is 0 Å². The number of esters is 1. The van der Waals surface area contributed by atoms with Crippen LogP contribution in [-0.2, 0) is 14.3 Å². The van der Waals surface area contributed by atoms with Crippen molar-refractivity contribution in [3.8, 4) is 0 Å². The van der Waals surface area contributed by atoms with E-state index in [1.807, 2.05) is 0 Å². The number of H-pyrrole nitrogens is 1. The van der Waals surface area contributed by atoms with Gasteiger partial charge in [0.1, 0.15) is 5.82 Å². The zero-order valence-electron chi connectivity index (χ0n) is 9.93. The number of carbonyl (C=O) groups is 2. The van der Waals surface area contributed by atoms with E-state index >= 15 is 0 Å². The molecule has 0 aliphatic heterocycles. The summed E-state index contributed by atoms with van der Waals surface area (Å²) in [5.74, 6) is -1.03. The van der Waals surface area contributed by atoms with Crippen LogP contribution in [0.2, 0.25) is 0 Å². The summed E-state index contributed by atoms with van der Waals surface area (Å²) in [6.07, 6.45) is 0. The Morgan fingerprint density at radius 3 is 2.78 bits per heavy atom. The third kappa shape index (κ3) is 3.88. The van der Waals surface area contributed by atoms with Gasteiger partial charge < -0.3 is 15.5 Å². The number of nitrogens with two attached hydrogens (primary N) is 1. The van der Waals surface area contributed by atoms with Crippen LogP contribution in [0.15, 0.2) is 16.0 Å². The topological polar surface area (TPSA) is 115 Å². The molecule has 1 aromatic heterocycles. The Labute approximate surface area is 107 Å². The molecule has 0 aliphatic rings. The maximum atomic E-state index is 11.5. The molecule has 0 amide bonds. The number of aromatic amines is 1. The van der Waals surface area contributed by atoms with Crippen LogP contribution in [0, 0.1) is 0 Å². The maximum Gasteiger partial charge on any atom is 0.327 e. The lowest BCUT2D eigenvalue weighted by atomic mass is 10.3. The van der Waals surface area contributed by atoms with Crippen molar-refractivity contribution < 1.29 is 14.3 Å². The molecular formula is C10H13N3O4S. The standard InChI is InChI=1S/C10H13N3O4S/c1-3-17-9(16)8(5(2)14)18-10-12-6(11)4-7(15)13-10/h4,8H,3H2,1-2H3,(H3,11,12,13,15). The molecule has 7 nitrogen and oxygen atoms in total. The quantitative estimate of drug-likeness (QED) is 0.334. The van der Waals surface area contributed by atoms with E-state index in [2.05, 4.69) is 9.97 Å². The second-order valence-electron chi connectivity index (χ2n) is 3.34. The molecule has 0 saturated heterocycles. The molecule has 0 bridgehead atoms. The molecule has 18 heavy (non-hydrogen) atoms. The Bertz CT molecular complexity index is 514. The van der Waals surface area contributed by atoms with Gasteiger partial charge in [0.15, 0.2) is 16.2 Å². The number of aromatic nitrogens is 2. The molecule has 0 fully saturated rings. The summed E-state index contributed by atoms with van der Waals surface area (Å²) >= 11 is 0.802. The molecule has 0 spiro atoms. The lowest BCUT2D eigenvalue weighted by molar-refractivity contribution is -0.144. The fourth-order valence-electron chi connectivity index (χ4n) is 1.14. The number of nitrogens with one attached hydrogen (secondary N) is 1. The summed E-state index contributed by atoms with van der Waals surface area (Å²) in [6.45, 7) is 3.07. The molecule has 98 valence electrons. The molecule has 0 aliphatic carbocycles. The average molecular weight is 271 g/mol. The van der Waals surface area contributed by atoms with Gasteiger partial charge in [-0.1, -0.05) is 11.8 Å². The molecule has 1 heterocycles. The van der Waals surface area contributed by atoms with E-state index in [1.54, 1.807) is 6.92 Å². The number of nitrogen functional groups attached to an aromatic ring is 1. The Kier molecular flexibility index (Phi) is 4.90. The van der Waals surface area contributed by atoms with Crippen LogP contribution < -0.4 is 11.3 Å². The highest BCUT2D eigenvalue weighted by Crippen LogP contribution is 2.21. The number of carbonyl (C=O) groups excluding carboxylic acids is 2. The van der Waals surface area contributed by atoms with Gasteiger partial charge >= 0.3 is 5.97 Å². The van der Waals surface area contributed by atoms with E-state index in [0.29, 0.717) is 0 Å². The van der Waals surface area contributed by atoms with Crippen LogP contribution in [0.5, 0.6) is 0 Å². The summed E-state index contributed by atoms with van der Waals surface area (Å²) in [6, 6.07) is 1.11. The summed E-state index contributed by atoms with van der Waals surface area (Å²) in [4.78, 5) is 40.3. The van der Waals surface area contributed by atoms with Crippen molar-refractivity contribution in [2.45, 2.75) is 24.3 Å². The van der Waals surface area contributed by atoms with Gasteiger partial charge in [0.25, 0.3) is 5.56 Å². The van der Waals surface area contributed by atoms with Crippen LogP contribution in [-0.4, -0.2) is 33.6 Å². The second kappa shape index (κ2) is 6.20. The second-order valence-corrected chi connectivity index (χ2v) is 4.43. The van der Waals surface area contributed by atoms with Crippen LogP contribution in [0.25, 0.3) is 0 Å². The minimum atomic E-state index is -1.06. The molecule has 1 unspecified atom stereocenters. The van der Waals surface area contributed by atoms with E-state index in [4.69, 9.17) is 10.5 Å². The van der Waals surface area contributed by atoms with E-state index in [9.17, 15) is 14.4 Å². The van der Waals surface area contributed by atoms with E-state index in [-0.39, 0.29) is 23.4 Å². The van der Waals surface area contributed by atoms with Gasteiger partial charge in [-0.25, -0.2) is 4.98 Å². The zero-order chi connectivity index (χ0) is 13.7. The van der Waals surface area contributed by atoms with Crippen LogP contribution in [0.4, 0.5) is 5.82 Å². The van der Waals surface area contributed by atoms with Crippen molar-refractivity contribution in [1.82, 2.24) is 9.97 Å². The van der Waals surface area contributed by atoms with Crippen molar-refractivity contribution in [3.05, 3.63) is 16.4 Å². The first-order valence-corrected chi connectivity index (χ1v) is 6.02. The van der Waals surface area contributed by atoms with Gasteiger partial charge in [0, 0.05) is 6.07 Å². The van der Waals surface area contributed by atoms with Crippen molar-refractivity contribution in [1.29, 1.82) is 0 Å². The molecular weight excluding hydrogens is 258 g/mol. The van der Waals surface area contributed by atoms with Crippen molar-refractivity contribution >= 4 is 29.3 Å². The number of hydrogen-bond acceptors (Lipinski definition) is 7. The van der Waals surface area contributed by atoms with Crippen LogP contribution in [0.1, 0.15) is 13.8 Å². The van der Waals surface area contributed by atoms with Crippen LogP contribution >= 0.6 is 11.8 Å². The Hall–Kier alpha value is -1.83. The molecule has 1 aromatic rings.